The summed E-state index contributed by atoms with van der Waals surface area (Å²) in [5.41, 5.74) is 2.39. The van der Waals surface area contributed by atoms with Gasteiger partial charge in [-0.2, -0.15) is 0 Å². The van der Waals surface area contributed by atoms with Gasteiger partial charge < -0.3 is 9.30 Å². The van der Waals surface area contributed by atoms with Gasteiger partial charge in [0.25, 0.3) is 0 Å². The van der Waals surface area contributed by atoms with Gasteiger partial charge in [-0.3, -0.25) is 0 Å². The van der Waals surface area contributed by atoms with Crippen LogP contribution >= 0.6 is 11.8 Å². The molecule has 0 aliphatic carbocycles. The van der Waals surface area contributed by atoms with E-state index in [2.05, 4.69) is 36.1 Å². The highest BCUT2D eigenvalue weighted by Gasteiger charge is 2.22. The van der Waals surface area contributed by atoms with Crippen LogP contribution in [0.25, 0.3) is 11.0 Å². The summed E-state index contributed by atoms with van der Waals surface area (Å²) in [6, 6.07) is 6.42. The number of hydrogen-bond donors (Lipinski definition) is 0. The summed E-state index contributed by atoms with van der Waals surface area (Å²) >= 11 is 1.77. The van der Waals surface area contributed by atoms with Crippen LogP contribution in [0.15, 0.2) is 23.1 Å². The number of rotatable bonds is 2. The first-order valence-electron chi connectivity index (χ1n) is 6.38. The zero-order chi connectivity index (χ0) is 12.5. The summed E-state index contributed by atoms with van der Waals surface area (Å²) in [6.07, 6.45) is 4.29. The van der Waals surface area contributed by atoms with E-state index in [1.165, 1.54) is 16.2 Å². The van der Waals surface area contributed by atoms with Crippen molar-refractivity contribution in [1.29, 1.82) is 0 Å². The molecule has 2 aromatic rings. The number of hydrogen-bond acceptors (Lipinski definition) is 3. The lowest BCUT2D eigenvalue weighted by molar-refractivity contribution is 0.0831. The van der Waals surface area contributed by atoms with Crippen LogP contribution in [0.5, 0.6) is 0 Å². The lowest BCUT2D eigenvalue weighted by atomic mass is 9.99. The molecule has 1 aromatic heterocycles. The van der Waals surface area contributed by atoms with E-state index in [0.29, 0.717) is 5.92 Å². The molecule has 0 N–H and O–H groups in total. The molecular weight excluding hydrogens is 244 g/mol. The van der Waals surface area contributed by atoms with E-state index in [1.807, 2.05) is 0 Å². The maximum atomic E-state index is 5.44. The van der Waals surface area contributed by atoms with Crippen LogP contribution in [0, 0.1) is 0 Å². The number of ether oxygens (including phenoxy) is 1. The van der Waals surface area contributed by atoms with Crippen molar-refractivity contribution in [2.75, 3.05) is 19.5 Å². The lowest BCUT2D eigenvalue weighted by Gasteiger charge is -2.21. The van der Waals surface area contributed by atoms with Crippen LogP contribution in [0.4, 0.5) is 0 Å². The maximum absolute atomic E-state index is 5.44. The largest absolute Gasteiger partial charge is 0.381 e. The fourth-order valence-electron chi connectivity index (χ4n) is 2.69. The van der Waals surface area contributed by atoms with Gasteiger partial charge in [0.15, 0.2) is 0 Å². The number of thioether (sulfide) groups is 1. The van der Waals surface area contributed by atoms with Crippen molar-refractivity contribution in [2.45, 2.75) is 23.7 Å². The van der Waals surface area contributed by atoms with E-state index in [1.54, 1.807) is 11.8 Å². The number of para-hydroxylation sites is 1. The number of fused-ring (bicyclic) bond motifs is 1. The summed E-state index contributed by atoms with van der Waals surface area (Å²) < 4.78 is 7.69. The first kappa shape index (κ1) is 12.1. The zero-order valence-corrected chi connectivity index (χ0v) is 11.7. The Balaban J connectivity index is 2.09. The molecule has 1 aliphatic rings. The van der Waals surface area contributed by atoms with Gasteiger partial charge in [-0.1, -0.05) is 6.07 Å². The summed E-state index contributed by atoms with van der Waals surface area (Å²) in [5.74, 6) is 1.76. The third kappa shape index (κ3) is 1.93. The highest BCUT2D eigenvalue weighted by Crippen LogP contribution is 2.31. The topological polar surface area (TPSA) is 27.1 Å². The number of aryl methyl sites for hydroxylation is 1. The Hall–Kier alpha value is -1.00. The van der Waals surface area contributed by atoms with Gasteiger partial charge in [-0.25, -0.2) is 4.98 Å². The Morgan fingerprint density at radius 1 is 1.33 bits per heavy atom. The zero-order valence-electron chi connectivity index (χ0n) is 10.8. The first-order chi connectivity index (χ1) is 8.81. The standard InChI is InChI=1S/C14H18N2OS/c1-16-11-4-3-5-12(18-2)13(11)15-14(16)10-6-8-17-9-7-10/h3-5,10H,6-9H2,1-2H3. The number of benzene rings is 1. The second-order valence-electron chi connectivity index (χ2n) is 4.74. The Labute approximate surface area is 112 Å². The van der Waals surface area contributed by atoms with Gasteiger partial charge in [0.2, 0.25) is 0 Å². The molecule has 1 aliphatic heterocycles. The molecule has 0 bridgehead atoms. The molecule has 0 saturated carbocycles. The molecule has 2 heterocycles. The minimum atomic E-state index is 0.547. The van der Waals surface area contributed by atoms with Crippen molar-refractivity contribution in [3.8, 4) is 0 Å². The molecule has 1 saturated heterocycles. The third-order valence-electron chi connectivity index (χ3n) is 3.72. The van der Waals surface area contributed by atoms with Crippen molar-refractivity contribution >= 4 is 22.8 Å². The van der Waals surface area contributed by atoms with Gasteiger partial charge in [0.05, 0.1) is 5.52 Å². The van der Waals surface area contributed by atoms with Crippen molar-refractivity contribution < 1.29 is 4.74 Å². The monoisotopic (exact) mass is 262 g/mol. The molecule has 0 radical (unpaired) electrons. The van der Waals surface area contributed by atoms with Crippen LogP contribution in [0.1, 0.15) is 24.6 Å². The summed E-state index contributed by atoms with van der Waals surface area (Å²) in [7, 11) is 2.13. The quantitative estimate of drug-likeness (QED) is 0.778. The van der Waals surface area contributed by atoms with Gasteiger partial charge in [0, 0.05) is 31.1 Å². The Morgan fingerprint density at radius 3 is 2.83 bits per heavy atom. The Bertz CT molecular complexity index is 558. The predicted molar refractivity (Wildman–Crippen MR) is 75.3 cm³/mol. The van der Waals surface area contributed by atoms with Crippen LogP contribution < -0.4 is 0 Å². The lowest BCUT2D eigenvalue weighted by Crippen LogP contribution is -2.17. The molecule has 18 heavy (non-hydrogen) atoms. The molecule has 0 amide bonds. The molecular formula is C14H18N2OS. The van der Waals surface area contributed by atoms with E-state index >= 15 is 0 Å². The van der Waals surface area contributed by atoms with E-state index in [0.717, 1.165) is 31.6 Å². The minimum absolute atomic E-state index is 0.547. The molecule has 4 heteroatoms. The fourth-order valence-corrected chi connectivity index (χ4v) is 3.25. The van der Waals surface area contributed by atoms with Gasteiger partial charge >= 0.3 is 0 Å². The molecule has 0 unspecified atom stereocenters. The van der Waals surface area contributed by atoms with E-state index in [-0.39, 0.29) is 0 Å². The maximum Gasteiger partial charge on any atom is 0.112 e. The highest BCUT2D eigenvalue weighted by molar-refractivity contribution is 7.98. The molecule has 1 fully saturated rings. The highest BCUT2D eigenvalue weighted by atomic mass is 32.2. The van der Waals surface area contributed by atoms with Crippen LogP contribution in [0.2, 0.25) is 0 Å². The second-order valence-corrected chi connectivity index (χ2v) is 5.59. The van der Waals surface area contributed by atoms with E-state index in [9.17, 15) is 0 Å². The summed E-state index contributed by atoms with van der Waals surface area (Å²) in [4.78, 5) is 6.16. The molecule has 3 rings (SSSR count). The summed E-state index contributed by atoms with van der Waals surface area (Å²) in [6.45, 7) is 1.73. The Kier molecular flexibility index (Phi) is 3.31. The number of aromatic nitrogens is 2. The summed E-state index contributed by atoms with van der Waals surface area (Å²) in [5, 5.41) is 0. The number of nitrogens with zero attached hydrogens (tertiary/aromatic N) is 2. The molecule has 0 atom stereocenters. The molecule has 1 aromatic carbocycles. The van der Waals surface area contributed by atoms with Gasteiger partial charge in [0.1, 0.15) is 11.3 Å². The molecule has 96 valence electrons. The van der Waals surface area contributed by atoms with E-state index in [4.69, 9.17) is 9.72 Å². The van der Waals surface area contributed by atoms with Gasteiger partial charge in [-0.05, 0) is 31.2 Å². The van der Waals surface area contributed by atoms with Gasteiger partial charge in [-0.15, -0.1) is 11.8 Å². The van der Waals surface area contributed by atoms with Crippen LogP contribution in [-0.4, -0.2) is 29.0 Å². The second kappa shape index (κ2) is 4.94. The fraction of sp³-hybridized carbons (Fsp3) is 0.500. The van der Waals surface area contributed by atoms with Crippen LogP contribution in [-0.2, 0) is 11.8 Å². The normalized spacial score (nSPS) is 17.4. The van der Waals surface area contributed by atoms with Crippen molar-refractivity contribution in [3.63, 3.8) is 0 Å². The average Bonchev–Trinajstić information content (AvgIpc) is 2.77. The number of imidazole rings is 1. The predicted octanol–water partition coefficient (Wildman–Crippen LogP) is 3.19. The Morgan fingerprint density at radius 2 is 2.11 bits per heavy atom. The SMILES string of the molecule is CSc1cccc2c1nc(C1CCOCC1)n2C. The van der Waals surface area contributed by atoms with Crippen molar-refractivity contribution in [1.82, 2.24) is 9.55 Å². The minimum Gasteiger partial charge on any atom is -0.381 e. The van der Waals surface area contributed by atoms with Crippen molar-refractivity contribution in [3.05, 3.63) is 24.0 Å². The average molecular weight is 262 g/mol. The van der Waals surface area contributed by atoms with E-state index < -0.39 is 0 Å². The van der Waals surface area contributed by atoms with Crippen LogP contribution in [0.3, 0.4) is 0 Å². The third-order valence-corrected chi connectivity index (χ3v) is 4.48. The molecule has 3 nitrogen and oxygen atoms in total. The van der Waals surface area contributed by atoms with Crippen molar-refractivity contribution in [2.24, 2.45) is 7.05 Å². The molecule has 0 spiro atoms. The first-order valence-corrected chi connectivity index (χ1v) is 7.61. The smallest absolute Gasteiger partial charge is 0.112 e.